The molecule has 16 heteroatoms. The number of aromatic nitrogens is 1. The van der Waals surface area contributed by atoms with Crippen molar-refractivity contribution < 1.29 is 38.1 Å². The monoisotopic (exact) mass is 981 g/mol. The van der Waals surface area contributed by atoms with Crippen LogP contribution in [0.3, 0.4) is 0 Å². The molecule has 0 saturated heterocycles. The molecule has 69 heavy (non-hydrogen) atoms. The van der Waals surface area contributed by atoms with Crippen LogP contribution in [-0.4, -0.2) is 74.4 Å². The molecule has 6 N–H and O–H groups in total. The fourth-order valence-corrected chi connectivity index (χ4v) is 9.67. The standard InChI is InChI=1S/C53H68ClN5O9Si/c1-52(2,3)67-51(64)57-36-18-20-37(21-19-36)66-50(63)58-43-28-33(17-22-38(43)34-15-11-10-12-16-34)14-13-27-56-49(62)41-30-45(65-7)35(29-42(41)54)31-55-32-46(68-69(8,9)53(4,5)6)39-23-25-44(60)48-40(39)24-26-47(61)59-48/h10-12,15-17,22-26,28-30,36-37,46,55,60H,13-14,18-21,27,31-32H2,1-9H3,(H,56,62)(H,57,64)(H,58,63)(H,59,61)/t36?,37?,46-/m0/s1. The third kappa shape index (κ3) is 14.3. The highest BCUT2D eigenvalue weighted by Crippen LogP contribution is 2.41. The number of aromatic hydroxyl groups is 1. The molecule has 3 amide bonds. The lowest BCUT2D eigenvalue weighted by atomic mass is 9.93. The summed E-state index contributed by atoms with van der Waals surface area (Å²) in [5.41, 5.74) is 4.70. The van der Waals surface area contributed by atoms with E-state index >= 15 is 0 Å². The van der Waals surface area contributed by atoms with Crippen molar-refractivity contribution in [3.63, 3.8) is 0 Å². The summed E-state index contributed by atoms with van der Waals surface area (Å²) >= 11 is 6.78. The molecule has 1 saturated carbocycles. The van der Waals surface area contributed by atoms with E-state index in [4.69, 9.17) is 30.2 Å². The molecule has 1 heterocycles. The van der Waals surface area contributed by atoms with Crippen LogP contribution in [0.15, 0.2) is 89.7 Å². The second-order valence-electron chi connectivity index (χ2n) is 20.2. The number of H-pyrrole nitrogens is 1. The zero-order valence-electron chi connectivity index (χ0n) is 41.3. The maximum atomic E-state index is 13.5. The number of hydrogen-bond acceptors (Lipinski definition) is 10. The number of phenols is 1. The van der Waals surface area contributed by atoms with Crippen LogP contribution < -0.4 is 31.6 Å². The molecule has 1 aromatic heterocycles. The first kappa shape index (κ1) is 52.5. The van der Waals surface area contributed by atoms with Gasteiger partial charge in [0.1, 0.15) is 23.2 Å². The van der Waals surface area contributed by atoms with Crippen LogP contribution in [0.1, 0.15) is 107 Å². The molecule has 370 valence electrons. The lowest BCUT2D eigenvalue weighted by Gasteiger charge is -2.39. The highest BCUT2D eigenvalue weighted by atomic mass is 35.5. The molecule has 1 aliphatic rings. The lowest BCUT2D eigenvalue weighted by molar-refractivity contribution is 0.0440. The van der Waals surface area contributed by atoms with Gasteiger partial charge in [0.15, 0.2) is 8.32 Å². The van der Waals surface area contributed by atoms with Crippen molar-refractivity contribution in [1.29, 1.82) is 0 Å². The number of alkyl carbamates (subject to hydrolysis) is 1. The van der Waals surface area contributed by atoms with Gasteiger partial charge in [0, 0.05) is 48.3 Å². The van der Waals surface area contributed by atoms with E-state index in [0.717, 1.165) is 27.8 Å². The number of halogens is 1. The summed E-state index contributed by atoms with van der Waals surface area (Å²) in [5.74, 6) is 0.137. The summed E-state index contributed by atoms with van der Waals surface area (Å²) in [6, 6.07) is 25.6. The number of methoxy groups -OCH3 is 1. The minimum Gasteiger partial charge on any atom is -0.506 e. The minimum absolute atomic E-state index is 0.0195. The molecule has 0 aliphatic heterocycles. The number of rotatable bonds is 17. The van der Waals surface area contributed by atoms with E-state index in [9.17, 15) is 24.3 Å². The van der Waals surface area contributed by atoms with Crippen molar-refractivity contribution >= 4 is 54.6 Å². The molecule has 5 aromatic rings. The van der Waals surface area contributed by atoms with Crippen LogP contribution >= 0.6 is 11.6 Å². The molecular weight excluding hydrogens is 914 g/mol. The van der Waals surface area contributed by atoms with Crippen molar-refractivity contribution in [1.82, 2.24) is 20.9 Å². The molecule has 1 aliphatic carbocycles. The van der Waals surface area contributed by atoms with E-state index < -0.39 is 32.2 Å². The van der Waals surface area contributed by atoms with Crippen LogP contribution in [0.4, 0.5) is 15.3 Å². The zero-order valence-corrected chi connectivity index (χ0v) is 43.0. The van der Waals surface area contributed by atoms with Crippen LogP contribution in [0.25, 0.3) is 22.0 Å². The summed E-state index contributed by atoms with van der Waals surface area (Å²) in [7, 11) is -0.761. The quantitative estimate of drug-likeness (QED) is 0.0386. The summed E-state index contributed by atoms with van der Waals surface area (Å²) in [4.78, 5) is 54.0. The Morgan fingerprint density at radius 1 is 0.899 bits per heavy atom. The number of aromatic amines is 1. The van der Waals surface area contributed by atoms with Crippen LogP contribution in [0.2, 0.25) is 23.2 Å². The number of carbonyl (C=O) groups excluding carboxylic acids is 3. The number of carbonyl (C=O) groups is 3. The fourth-order valence-electron chi connectivity index (χ4n) is 8.12. The zero-order chi connectivity index (χ0) is 50.1. The van der Waals surface area contributed by atoms with Gasteiger partial charge in [-0.25, -0.2) is 9.59 Å². The number of hydrogen-bond donors (Lipinski definition) is 6. The molecule has 1 fully saturated rings. The van der Waals surface area contributed by atoms with E-state index in [0.29, 0.717) is 80.5 Å². The van der Waals surface area contributed by atoms with E-state index in [1.165, 1.54) is 6.07 Å². The van der Waals surface area contributed by atoms with Crippen molar-refractivity contribution in [3.05, 3.63) is 123 Å². The van der Waals surface area contributed by atoms with Gasteiger partial charge in [-0.2, -0.15) is 0 Å². The fraction of sp³-hybridized carbons (Fsp3) is 0.434. The summed E-state index contributed by atoms with van der Waals surface area (Å²) in [6.07, 6.45) is 2.11. The molecule has 1 atom stereocenters. The van der Waals surface area contributed by atoms with Gasteiger partial charge in [-0.1, -0.05) is 80.9 Å². The molecule has 4 aromatic carbocycles. The Bertz CT molecular complexity index is 2660. The van der Waals surface area contributed by atoms with Crippen molar-refractivity contribution in [2.45, 2.75) is 129 Å². The molecule has 0 unspecified atom stereocenters. The Morgan fingerprint density at radius 2 is 1.62 bits per heavy atom. The van der Waals surface area contributed by atoms with E-state index in [1.807, 2.05) is 75.4 Å². The van der Waals surface area contributed by atoms with Crippen molar-refractivity contribution in [3.8, 4) is 22.6 Å². The third-order valence-electron chi connectivity index (χ3n) is 12.8. The predicted octanol–water partition coefficient (Wildman–Crippen LogP) is 11.2. The maximum absolute atomic E-state index is 13.5. The normalized spacial score (nSPS) is 15.8. The Morgan fingerprint density at radius 3 is 2.30 bits per heavy atom. The van der Waals surface area contributed by atoms with E-state index in [1.54, 1.807) is 31.4 Å². The average molecular weight is 983 g/mol. The number of pyridine rings is 1. The van der Waals surface area contributed by atoms with Gasteiger partial charge < -0.3 is 44.7 Å². The average Bonchev–Trinajstić information content (AvgIpc) is 3.28. The number of amides is 3. The highest BCUT2D eigenvalue weighted by molar-refractivity contribution is 6.74. The number of fused-ring (bicyclic) bond motifs is 1. The van der Waals surface area contributed by atoms with Gasteiger partial charge in [0.05, 0.1) is 35.0 Å². The first-order valence-corrected chi connectivity index (χ1v) is 26.9. The predicted molar refractivity (Wildman–Crippen MR) is 275 cm³/mol. The van der Waals surface area contributed by atoms with Gasteiger partial charge in [-0.05, 0) is 124 Å². The second-order valence-corrected chi connectivity index (χ2v) is 25.3. The smallest absolute Gasteiger partial charge is 0.411 e. The van der Waals surface area contributed by atoms with Crippen molar-refractivity contribution in [2.24, 2.45) is 0 Å². The number of nitrogens with one attached hydrogen (secondary N) is 5. The molecule has 0 radical (unpaired) electrons. The molecule has 0 bridgehead atoms. The van der Waals surface area contributed by atoms with E-state index in [-0.39, 0.29) is 45.0 Å². The molecule has 6 rings (SSSR count). The Hall–Kier alpha value is -5.87. The number of benzene rings is 4. The number of anilines is 1. The summed E-state index contributed by atoms with van der Waals surface area (Å²) in [6.45, 7) is 17.5. The van der Waals surface area contributed by atoms with Crippen molar-refractivity contribution in [2.75, 3.05) is 25.5 Å². The van der Waals surface area contributed by atoms with Gasteiger partial charge in [-0.3, -0.25) is 14.9 Å². The second kappa shape index (κ2) is 22.7. The Labute approximate surface area is 411 Å². The lowest BCUT2D eigenvalue weighted by Crippen LogP contribution is -2.43. The van der Waals surface area contributed by atoms with Crippen LogP contribution in [0.5, 0.6) is 11.5 Å². The first-order chi connectivity index (χ1) is 32.6. The van der Waals surface area contributed by atoms with Gasteiger partial charge in [0.2, 0.25) is 5.56 Å². The van der Waals surface area contributed by atoms with Gasteiger partial charge in [0.25, 0.3) is 5.91 Å². The minimum atomic E-state index is -2.31. The SMILES string of the molecule is COc1cc(C(=O)NCCCc2ccc(-c3ccccc3)c(NC(=O)OC3CCC(NC(=O)OC(C)(C)C)CC3)c2)c(Cl)cc1CNC[C@H](O[Si](C)(C)C(C)(C)C)c1ccc(O)c2[nH]c(=O)ccc12. The summed E-state index contributed by atoms with van der Waals surface area (Å²) in [5, 5.41) is 23.9. The molecular formula is C53H68ClN5O9Si. The van der Waals surface area contributed by atoms with Crippen LogP contribution in [-0.2, 0) is 26.9 Å². The first-order valence-electron chi connectivity index (χ1n) is 23.6. The third-order valence-corrected chi connectivity index (χ3v) is 17.6. The van der Waals surface area contributed by atoms with Gasteiger partial charge in [-0.15, -0.1) is 0 Å². The Kier molecular flexibility index (Phi) is 17.3. The summed E-state index contributed by atoms with van der Waals surface area (Å²) < 4.78 is 24.0. The number of ether oxygens (including phenoxy) is 3. The Balaban J connectivity index is 1.05. The topological polar surface area (TPSA) is 189 Å². The van der Waals surface area contributed by atoms with Crippen LogP contribution in [0, 0.1) is 0 Å². The molecule has 0 spiro atoms. The van der Waals surface area contributed by atoms with Gasteiger partial charge >= 0.3 is 12.2 Å². The highest BCUT2D eigenvalue weighted by Gasteiger charge is 2.40. The van der Waals surface area contributed by atoms with E-state index in [2.05, 4.69) is 60.1 Å². The largest absolute Gasteiger partial charge is 0.506 e. The molecule has 14 nitrogen and oxygen atoms in total. The maximum Gasteiger partial charge on any atom is 0.411 e. The number of phenolic OH excluding ortho intramolecular Hbond substituents is 1. The number of aryl methyl sites for hydroxylation is 1.